The molecule has 0 heterocycles. The molecule has 21 heavy (non-hydrogen) atoms. The van der Waals surface area contributed by atoms with Gasteiger partial charge in [-0.15, -0.1) is 0 Å². The Bertz CT molecular complexity index is 618. The molecule has 1 saturated carbocycles. The number of carbonyl (C=O) groups excluding carboxylic acids is 1. The molecule has 1 aliphatic carbocycles. The summed E-state index contributed by atoms with van der Waals surface area (Å²) in [6, 6.07) is 1.82. The zero-order valence-electron chi connectivity index (χ0n) is 12.4. The molecule has 0 aromatic heterocycles. The Hall–Kier alpha value is -1.78. The number of anilines is 1. The lowest BCUT2D eigenvalue weighted by molar-refractivity contribution is -0.118. The number of benzene rings is 1. The van der Waals surface area contributed by atoms with Crippen molar-refractivity contribution in [3.05, 3.63) is 41.2 Å². The van der Waals surface area contributed by atoms with Crippen LogP contribution in [0.25, 0.3) is 0 Å². The molecule has 1 aromatic carbocycles. The first kappa shape index (κ1) is 15.6. The second kappa shape index (κ2) is 5.20. The second-order valence-corrected chi connectivity index (χ2v) is 6.28. The molecule has 0 saturated heterocycles. The smallest absolute Gasteiger partial charge is 0.228 e. The minimum Gasteiger partial charge on any atom is -0.323 e. The number of nitrogens with one attached hydrogen (secondary N) is 1. The fourth-order valence-corrected chi connectivity index (χ4v) is 2.68. The lowest BCUT2D eigenvalue weighted by Gasteiger charge is -2.08. The SMILES string of the molecule is CC(C)=C[C@@H]1[C@@H](C(=O)Nc2ccc(F)c(F)c2F)C1(C)C. The van der Waals surface area contributed by atoms with Crippen molar-refractivity contribution in [1.29, 1.82) is 0 Å². The zero-order chi connectivity index (χ0) is 15.9. The molecule has 1 amide bonds. The summed E-state index contributed by atoms with van der Waals surface area (Å²) in [5, 5.41) is 2.35. The largest absolute Gasteiger partial charge is 0.323 e. The van der Waals surface area contributed by atoms with Gasteiger partial charge in [-0.2, -0.15) is 0 Å². The van der Waals surface area contributed by atoms with Gasteiger partial charge in [0, 0.05) is 0 Å². The van der Waals surface area contributed by atoms with Crippen LogP contribution in [0.2, 0.25) is 0 Å². The Labute approximate surface area is 122 Å². The highest BCUT2D eigenvalue weighted by Gasteiger charge is 2.60. The maximum atomic E-state index is 13.6. The van der Waals surface area contributed by atoms with Gasteiger partial charge in [0.2, 0.25) is 5.91 Å². The Balaban J connectivity index is 2.17. The minimum atomic E-state index is -1.58. The molecule has 114 valence electrons. The van der Waals surface area contributed by atoms with Gasteiger partial charge in [0.15, 0.2) is 17.5 Å². The Morgan fingerprint density at radius 3 is 2.38 bits per heavy atom. The topological polar surface area (TPSA) is 29.1 Å². The van der Waals surface area contributed by atoms with Crippen LogP contribution in [-0.2, 0) is 4.79 Å². The summed E-state index contributed by atoms with van der Waals surface area (Å²) < 4.78 is 39.6. The second-order valence-electron chi connectivity index (χ2n) is 6.28. The van der Waals surface area contributed by atoms with E-state index in [4.69, 9.17) is 0 Å². The highest BCUT2D eigenvalue weighted by Crippen LogP contribution is 2.59. The van der Waals surface area contributed by atoms with Crippen LogP contribution in [0.1, 0.15) is 27.7 Å². The summed E-state index contributed by atoms with van der Waals surface area (Å²) in [5.74, 6) is -4.85. The van der Waals surface area contributed by atoms with E-state index >= 15 is 0 Å². The molecular weight excluding hydrogens is 279 g/mol. The van der Waals surface area contributed by atoms with Gasteiger partial charge >= 0.3 is 0 Å². The third-order valence-corrected chi connectivity index (χ3v) is 4.00. The number of hydrogen-bond acceptors (Lipinski definition) is 1. The summed E-state index contributed by atoms with van der Waals surface area (Å²) in [6.45, 7) is 7.78. The van der Waals surface area contributed by atoms with E-state index in [-0.39, 0.29) is 28.8 Å². The quantitative estimate of drug-likeness (QED) is 0.655. The predicted octanol–water partition coefficient (Wildman–Crippen LogP) is 4.28. The van der Waals surface area contributed by atoms with Crippen LogP contribution in [0.15, 0.2) is 23.8 Å². The summed E-state index contributed by atoms with van der Waals surface area (Å²) >= 11 is 0. The highest BCUT2D eigenvalue weighted by molar-refractivity contribution is 5.95. The molecule has 1 fully saturated rings. The van der Waals surface area contributed by atoms with Crippen LogP contribution >= 0.6 is 0 Å². The summed E-state index contributed by atoms with van der Waals surface area (Å²) in [6.07, 6.45) is 2.01. The van der Waals surface area contributed by atoms with E-state index < -0.39 is 17.5 Å². The number of halogens is 3. The van der Waals surface area contributed by atoms with Crippen LogP contribution in [0, 0.1) is 34.7 Å². The van der Waals surface area contributed by atoms with Crippen LogP contribution in [-0.4, -0.2) is 5.91 Å². The van der Waals surface area contributed by atoms with Crippen molar-refractivity contribution < 1.29 is 18.0 Å². The maximum Gasteiger partial charge on any atom is 0.228 e. The van der Waals surface area contributed by atoms with Gasteiger partial charge < -0.3 is 5.32 Å². The van der Waals surface area contributed by atoms with E-state index in [1.54, 1.807) is 0 Å². The number of rotatable bonds is 3. The first-order valence-corrected chi connectivity index (χ1v) is 6.75. The van der Waals surface area contributed by atoms with E-state index in [9.17, 15) is 18.0 Å². The molecule has 2 rings (SSSR count). The standard InChI is InChI=1S/C16H18F3NO/c1-8(2)7-9-12(16(9,3)4)15(21)20-11-6-5-10(17)13(18)14(11)19/h5-7,9,12H,1-4H3,(H,20,21)/t9-,12+/m1/s1. The van der Waals surface area contributed by atoms with E-state index in [1.807, 2.05) is 33.8 Å². The third kappa shape index (κ3) is 2.82. The number of hydrogen-bond donors (Lipinski definition) is 1. The predicted molar refractivity (Wildman–Crippen MR) is 75.1 cm³/mol. The van der Waals surface area contributed by atoms with Crippen LogP contribution in [0.4, 0.5) is 18.9 Å². The molecule has 2 nitrogen and oxygen atoms in total. The van der Waals surface area contributed by atoms with Crippen molar-refractivity contribution in [2.24, 2.45) is 17.3 Å². The van der Waals surface area contributed by atoms with Crippen molar-refractivity contribution in [2.75, 3.05) is 5.32 Å². The van der Waals surface area contributed by atoms with E-state index in [0.29, 0.717) is 0 Å². The molecule has 1 N–H and O–H groups in total. The van der Waals surface area contributed by atoms with Crippen LogP contribution < -0.4 is 5.32 Å². The molecule has 1 aromatic rings. The molecule has 2 atom stereocenters. The van der Waals surface area contributed by atoms with Gasteiger partial charge in [-0.05, 0) is 37.3 Å². The van der Waals surface area contributed by atoms with E-state index in [1.165, 1.54) is 0 Å². The lowest BCUT2D eigenvalue weighted by atomic mass is 10.1. The van der Waals surface area contributed by atoms with Gasteiger partial charge in [0.25, 0.3) is 0 Å². The highest BCUT2D eigenvalue weighted by atomic mass is 19.2. The fourth-order valence-electron chi connectivity index (χ4n) is 2.68. The van der Waals surface area contributed by atoms with Crippen LogP contribution in [0.5, 0.6) is 0 Å². The van der Waals surface area contributed by atoms with Crippen molar-refractivity contribution >= 4 is 11.6 Å². The van der Waals surface area contributed by atoms with Gasteiger partial charge in [0.05, 0.1) is 11.6 Å². The molecule has 1 aliphatic rings. The number of amides is 1. The molecule has 0 bridgehead atoms. The van der Waals surface area contributed by atoms with E-state index in [0.717, 1.165) is 17.7 Å². The molecule has 0 unspecified atom stereocenters. The minimum absolute atomic E-state index is 0.0656. The molecule has 0 spiro atoms. The van der Waals surface area contributed by atoms with Crippen molar-refractivity contribution in [3.8, 4) is 0 Å². The van der Waals surface area contributed by atoms with Crippen LogP contribution in [0.3, 0.4) is 0 Å². The Morgan fingerprint density at radius 2 is 1.81 bits per heavy atom. The normalized spacial score (nSPS) is 22.6. The molecule has 0 aliphatic heterocycles. The Kier molecular flexibility index (Phi) is 3.87. The lowest BCUT2D eigenvalue weighted by Crippen LogP contribution is -2.18. The monoisotopic (exact) mass is 297 g/mol. The summed E-state index contributed by atoms with van der Waals surface area (Å²) in [4.78, 5) is 12.2. The first-order chi connectivity index (χ1) is 9.66. The maximum absolute atomic E-state index is 13.6. The summed E-state index contributed by atoms with van der Waals surface area (Å²) in [7, 11) is 0. The van der Waals surface area contributed by atoms with E-state index in [2.05, 4.69) is 5.32 Å². The van der Waals surface area contributed by atoms with Crippen molar-refractivity contribution in [3.63, 3.8) is 0 Å². The van der Waals surface area contributed by atoms with Gasteiger partial charge in [-0.1, -0.05) is 25.5 Å². The van der Waals surface area contributed by atoms with Gasteiger partial charge in [-0.3, -0.25) is 4.79 Å². The third-order valence-electron chi connectivity index (χ3n) is 4.00. The number of carbonyl (C=O) groups is 1. The molecule has 5 heteroatoms. The first-order valence-electron chi connectivity index (χ1n) is 6.75. The average Bonchev–Trinajstić information content (AvgIpc) is 2.90. The fraction of sp³-hybridized carbons (Fsp3) is 0.438. The Morgan fingerprint density at radius 1 is 1.19 bits per heavy atom. The average molecular weight is 297 g/mol. The van der Waals surface area contributed by atoms with Crippen molar-refractivity contribution in [1.82, 2.24) is 0 Å². The van der Waals surface area contributed by atoms with Gasteiger partial charge in [-0.25, -0.2) is 13.2 Å². The van der Waals surface area contributed by atoms with Crippen molar-refractivity contribution in [2.45, 2.75) is 27.7 Å². The zero-order valence-corrected chi connectivity index (χ0v) is 12.4. The molecule has 0 radical (unpaired) electrons. The molecular formula is C16H18F3NO. The van der Waals surface area contributed by atoms with Gasteiger partial charge in [0.1, 0.15) is 0 Å². The number of allylic oxidation sites excluding steroid dienone is 2. The summed E-state index contributed by atoms with van der Waals surface area (Å²) in [5.41, 5.74) is 0.538.